The molecule has 0 spiro atoms. The Labute approximate surface area is 138 Å². The minimum atomic E-state index is 0.225. The number of guanidine groups is 1. The van der Waals surface area contributed by atoms with E-state index in [1.54, 1.807) is 7.05 Å². The van der Waals surface area contributed by atoms with E-state index >= 15 is 0 Å². The van der Waals surface area contributed by atoms with Gasteiger partial charge in [-0.3, -0.25) is 4.99 Å². The highest BCUT2D eigenvalue weighted by Crippen LogP contribution is 2.30. The molecule has 2 fully saturated rings. The number of para-hydroxylation sites is 1. The first-order valence-corrected chi connectivity index (χ1v) is 8.41. The van der Waals surface area contributed by atoms with Gasteiger partial charge in [0, 0.05) is 31.1 Å². The summed E-state index contributed by atoms with van der Waals surface area (Å²) in [6, 6.07) is 8.21. The molecule has 0 aromatic heterocycles. The van der Waals surface area contributed by atoms with Crippen molar-refractivity contribution < 1.29 is 9.47 Å². The number of aliphatic imine (C=N–C) groups is 1. The molecule has 0 bridgehead atoms. The molecule has 1 aromatic carbocycles. The summed E-state index contributed by atoms with van der Waals surface area (Å²) in [5.41, 5.74) is 1.39. The van der Waals surface area contributed by atoms with Crippen LogP contribution in [-0.4, -0.2) is 39.4 Å². The fraction of sp³-hybridized carbons (Fsp3) is 0.611. The Morgan fingerprint density at radius 2 is 2.09 bits per heavy atom. The second kappa shape index (κ2) is 7.21. The summed E-state index contributed by atoms with van der Waals surface area (Å²) in [5, 5.41) is 6.75. The predicted octanol–water partition coefficient (Wildman–Crippen LogP) is 2.18. The van der Waals surface area contributed by atoms with E-state index in [0.29, 0.717) is 6.54 Å². The van der Waals surface area contributed by atoms with E-state index in [-0.39, 0.29) is 5.41 Å². The van der Waals surface area contributed by atoms with E-state index in [1.165, 1.54) is 12.8 Å². The summed E-state index contributed by atoms with van der Waals surface area (Å²) in [4.78, 5) is 4.29. The van der Waals surface area contributed by atoms with Crippen LogP contribution >= 0.6 is 0 Å². The maximum atomic E-state index is 5.95. The van der Waals surface area contributed by atoms with Gasteiger partial charge in [0.05, 0.1) is 19.8 Å². The first-order chi connectivity index (χ1) is 11.2. The Balaban J connectivity index is 1.49. The average Bonchev–Trinajstić information content (AvgIpc) is 3.36. The van der Waals surface area contributed by atoms with Crippen LogP contribution in [0.25, 0.3) is 0 Å². The molecule has 1 aliphatic carbocycles. The summed E-state index contributed by atoms with van der Waals surface area (Å²) in [7, 11) is 1.80. The molecule has 1 aromatic rings. The molecule has 1 heterocycles. The van der Waals surface area contributed by atoms with Crippen molar-refractivity contribution in [3.8, 4) is 5.75 Å². The summed E-state index contributed by atoms with van der Waals surface area (Å²) in [6.07, 6.45) is 2.61. The fourth-order valence-corrected chi connectivity index (χ4v) is 2.53. The molecule has 5 nitrogen and oxygen atoms in total. The van der Waals surface area contributed by atoms with Crippen molar-refractivity contribution in [2.75, 3.05) is 33.4 Å². The van der Waals surface area contributed by atoms with Crippen LogP contribution < -0.4 is 15.4 Å². The zero-order chi connectivity index (χ0) is 16.1. The minimum absolute atomic E-state index is 0.225. The molecule has 1 saturated carbocycles. The summed E-state index contributed by atoms with van der Waals surface area (Å²) in [5.74, 6) is 2.55. The lowest BCUT2D eigenvalue weighted by molar-refractivity contribution is -0.0971. The predicted molar refractivity (Wildman–Crippen MR) is 91.8 cm³/mol. The van der Waals surface area contributed by atoms with Crippen LogP contribution in [0.15, 0.2) is 29.3 Å². The Bertz CT molecular complexity index is 551. The Morgan fingerprint density at radius 3 is 2.74 bits per heavy atom. The SMILES string of the molecule is CN=C(NCc1ccccc1OCC1CC1)NCC1(C)COC1. The van der Waals surface area contributed by atoms with E-state index in [0.717, 1.165) is 49.6 Å². The minimum Gasteiger partial charge on any atom is -0.493 e. The largest absolute Gasteiger partial charge is 0.493 e. The van der Waals surface area contributed by atoms with Crippen molar-refractivity contribution in [3.63, 3.8) is 0 Å². The molecule has 0 atom stereocenters. The number of hydrogen-bond donors (Lipinski definition) is 2. The van der Waals surface area contributed by atoms with E-state index < -0.39 is 0 Å². The number of nitrogens with one attached hydrogen (secondary N) is 2. The number of benzene rings is 1. The standard InChI is InChI=1S/C18H27N3O2/c1-18(12-22-13-18)11-21-17(19-2)20-9-15-5-3-4-6-16(15)23-10-14-7-8-14/h3-6,14H,7-13H2,1-2H3,(H2,19,20,21). The molecular weight excluding hydrogens is 290 g/mol. The van der Waals surface area contributed by atoms with Gasteiger partial charge >= 0.3 is 0 Å². The Kier molecular flexibility index (Phi) is 5.06. The molecule has 0 unspecified atom stereocenters. The summed E-state index contributed by atoms with van der Waals surface area (Å²) >= 11 is 0. The van der Waals surface area contributed by atoms with Crippen LogP contribution in [0, 0.1) is 11.3 Å². The second-order valence-corrected chi connectivity index (χ2v) is 6.94. The first kappa shape index (κ1) is 16.1. The van der Waals surface area contributed by atoms with Gasteiger partial charge in [0.15, 0.2) is 5.96 Å². The van der Waals surface area contributed by atoms with E-state index in [9.17, 15) is 0 Å². The second-order valence-electron chi connectivity index (χ2n) is 6.94. The average molecular weight is 317 g/mol. The van der Waals surface area contributed by atoms with Crippen molar-refractivity contribution in [1.29, 1.82) is 0 Å². The number of hydrogen-bond acceptors (Lipinski definition) is 3. The van der Waals surface area contributed by atoms with Gasteiger partial charge in [0.2, 0.25) is 0 Å². The van der Waals surface area contributed by atoms with Gasteiger partial charge in [0.25, 0.3) is 0 Å². The molecule has 126 valence electrons. The third-order valence-corrected chi connectivity index (χ3v) is 4.40. The molecule has 2 N–H and O–H groups in total. The van der Waals surface area contributed by atoms with Gasteiger partial charge in [0.1, 0.15) is 5.75 Å². The highest BCUT2D eigenvalue weighted by Gasteiger charge is 2.33. The topological polar surface area (TPSA) is 54.9 Å². The molecule has 23 heavy (non-hydrogen) atoms. The number of rotatable bonds is 7. The van der Waals surface area contributed by atoms with Gasteiger partial charge < -0.3 is 20.1 Å². The fourth-order valence-electron chi connectivity index (χ4n) is 2.53. The van der Waals surface area contributed by atoms with Crippen molar-refractivity contribution in [2.24, 2.45) is 16.3 Å². The first-order valence-electron chi connectivity index (χ1n) is 8.41. The quantitative estimate of drug-likeness (QED) is 0.598. The van der Waals surface area contributed by atoms with Gasteiger partial charge in [-0.15, -0.1) is 0 Å². The van der Waals surface area contributed by atoms with Gasteiger partial charge in [-0.2, -0.15) is 0 Å². The van der Waals surface area contributed by atoms with Crippen LogP contribution in [0.1, 0.15) is 25.3 Å². The lowest BCUT2D eigenvalue weighted by Gasteiger charge is -2.38. The summed E-state index contributed by atoms with van der Waals surface area (Å²) < 4.78 is 11.2. The Hall–Kier alpha value is -1.75. The van der Waals surface area contributed by atoms with Crippen LogP contribution in [-0.2, 0) is 11.3 Å². The van der Waals surface area contributed by atoms with Gasteiger partial charge in [-0.25, -0.2) is 0 Å². The van der Waals surface area contributed by atoms with Gasteiger partial charge in [-0.05, 0) is 24.8 Å². The van der Waals surface area contributed by atoms with Crippen LogP contribution in [0.4, 0.5) is 0 Å². The zero-order valence-electron chi connectivity index (χ0n) is 14.1. The normalized spacial score (nSPS) is 19.8. The lowest BCUT2D eigenvalue weighted by atomic mass is 9.89. The van der Waals surface area contributed by atoms with Crippen LogP contribution in [0.5, 0.6) is 5.75 Å². The molecule has 0 radical (unpaired) electrons. The van der Waals surface area contributed by atoms with Gasteiger partial charge in [-0.1, -0.05) is 25.1 Å². The van der Waals surface area contributed by atoms with E-state index in [2.05, 4.69) is 28.6 Å². The molecular formula is C18H27N3O2. The maximum Gasteiger partial charge on any atom is 0.191 e. The van der Waals surface area contributed by atoms with E-state index in [1.807, 2.05) is 18.2 Å². The maximum absolute atomic E-state index is 5.95. The number of ether oxygens (including phenoxy) is 2. The van der Waals surface area contributed by atoms with Crippen LogP contribution in [0.2, 0.25) is 0 Å². The molecule has 2 aliphatic rings. The number of nitrogens with zero attached hydrogens (tertiary/aromatic N) is 1. The molecule has 5 heteroatoms. The third-order valence-electron chi connectivity index (χ3n) is 4.40. The highest BCUT2D eigenvalue weighted by atomic mass is 16.5. The van der Waals surface area contributed by atoms with Crippen molar-refractivity contribution in [2.45, 2.75) is 26.3 Å². The molecule has 3 rings (SSSR count). The van der Waals surface area contributed by atoms with E-state index in [4.69, 9.17) is 9.47 Å². The molecule has 0 amide bonds. The van der Waals surface area contributed by atoms with Crippen molar-refractivity contribution in [3.05, 3.63) is 29.8 Å². The zero-order valence-corrected chi connectivity index (χ0v) is 14.1. The summed E-state index contributed by atoms with van der Waals surface area (Å²) in [6.45, 7) is 6.25. The smallest absolute Gasteiger partial charge is 0.191 e. The lowest BCUT2D eigenvalue weighted by Crippen LogP contribution is -2.50. The van der Waals surface area contributed by atoms with Crippen molar-refractivity contribution in [1.82, 2.24) is 10.6 Å². The van der Waals surface area contributed by atoms with Crippen LogP contribution in [0.3, 0.4) is 0 Å². The highest BCUT2D eigenvalue weighted by molar-refractivity contribution is 5.79. The molecule has 1 saturated heterocycles. The molecule has 1 aliphatic heterocycles. The van der Waals surface area contributed by atoms with Crippen molar-refractivity contribution >= 4 is 5.96 Å². The monoisotopic (exact) mass is 317 g/mol. The third kappa shape index (κ3) is 4.61. The Morgan fingerprint density at radius 1 is 1.30 bits per heavy atom.